The van der Waals surface area contributed by atoms with Gasteiger partial charge in [0, 0.05) is 13.1 Å². The molecular formula is C23H29N3O4S. The van der Waals surface area contributed by atoms with Crippen molar-refractivity contribution in [2.24, 2.45) is 0 Å². The molecule has 2 aliphatic heterocycles. The van der Waals surface area contributed by atoms with Crippen LogP contribution < -0.4 is 14.4 Å². The van der Waals surface area contributed by atoms with E-state index < -0.39 is 16.1 Å². The number of hydrogen-bond donors (Lipinski definition) is 1. The van der Waals surface area contributed by atoms with E-state index in [0.29, 0.717) is 18.0 Å². The molecule has 0 spiro atoms. The van der Waals surface area contributed by atoms with Gasteiger partial charge in [0.05, 0.1) is 18.5 Å². The van der Waals surface area contributed by atoms with Gasteiger partial charge in [-0.15, -0.1) is 0 Å². The van der Waals surface area contributed by atoms with E-state index in [9.17, 15) is 13.2 Å². The highest BCUT2D eigenvalue weighted by molar-refractivity contribution is 7.92. The Kier molecular flexibility index (Phi) is 6.20. The lowest BCUT2D eigenvalue weighted by atomic mass is 10.1. The molecule has 166 valence electrons. The molecule has 8 heteroatoms. The molecule has 2 heterocycles. The third-order valence-corrected chi connectivity index (χ3v) is 6.99. The molecule has 0 saturated carbocycles. The van der Waals surface area contributed by atoms with Crippen LogP contribution in [0.4, 0.5) is 5.69 Å². The second-order valence-corrected chi connectivity index (χ2v) is 10.2. The fraction of sp³-hybridized carbons (Fsp3) is 0.435. The van der Waals surface area contributed by atoms with Crippen LogP contribution in [0.25, 0.3) is 0 Å². The zero-order valence-electron chi connectivity index (χ0n) is 18.0. The van der Waals surface area contributed by atoms with Crippen molar-refractivity contribution < 1.29 is 17.9 Å². The highest BCUT2D eigenvalue weighted by Gasteiger charge is 2.35. The summed E-state index contributed by atoms with van der Waals surface area (Å²) in [5.74, 6) is 0.0861. The van der Waals surface area contributed by atoms with Crippen molar-refractivity contribution in [3.05, 3.63) is 59.2 Å². The Bertz CT molecular complexity index is 1060. The molecule has 7 nitrogen and oxygen atoms in total. The average Bonchev–Trinajstić information content (AvgIpc) is 3.24. The third kappa shape index (κ3) is 5.02. The second kappa shape index (κ2) is 8.88. The summed E-state index contributed by atoms with van der Waals surface area (Å²) < 4.78 is 31.8. The minimum Gasteiger partial charge on any atom is -0.476 e. The number of aryl methyl sites for hydroxylation is 1. The van der Waals surface area contributed by atoms with E-state index in [1.807, 2.05) is 31.2 Å². The predicted octanol–water partition coefficient (Wildman–Crippen LogP) is 2.43. The van der Waals surface area contributed by atoms with E-state index in [2.05, 4.69) is 16.3 Å². The smallest absolute Gasteiger partial charge is 0.263 e. The fourth-order valence-electron chi connectivity index (χ4n) is 4.17. The molecule has 0 radical (unpaired) electrons. The maximum absolute atomic E-state index is 12.9. The topological polar surface area (TPSA) is 79.0 Å². The summed E-state index contributed by atoms with van der Waals surface area (Å²) in [7, 11) is -3.54. The molecule has 2 aliphatic rings. The Balaban J connectivity index is 1.47. The van der Waals surface area contributed by atoms with Gasteiger partial charge in [-0.1, -0.05) is 30.3 Å². The molecule has 0 aromatic heterocycles. The molecule has 1 atom stereocenters. The number of amides is 1. The first-order valence-corrected chi connectivity index (χ1v) is 12.5. The summed E-state index contributed by atoms with van der Waals surface area (Å²) in [4.78, 5) is 15.4. The number of anilines is 1. The van der Waals surface area contributed by atoms with Crippen LogP contribution in [0.3, 0.4) is 0 Å². The first-order valence-electron chi connectivity index (χ1n) is 10.6. The quantitative estimate of drug-likeness (QED) is 0.742. The minimum atomic E-state index is -3.54. The number of rotatable bonds is 6. The zero-order valence-corrected chi connectivity index (χ0v) is 18.8. The molecule has 1 saturated heterocycles. The lowest BCUT2D eigenvalue weighted by molar-refractivity contribution is -0.127. The van der Waals surface area contributed by atoms with Crippen LogP contribution in [0.15, 0.2) is 42.5 Å². The maximum atomic E-state index is 12.9. The van der Waals surface area contributed by atoms with E-state index in [1.165, 1.54) is 22.7 Å². The largest absolute Gasteiger partial charge is 0.476 e. The van der Waals surface area contributed by atoms with Crippen molar-refractivity contribution in [3.8, 4) is 5.75 Å². The predicted molar refractivity (Wildman–Crippen MR) is 121 cm³/mol. The molecule has 4 rings (SSSR count). The number of fused-ring (bicyclic) bond motifs is 1. The monoisotopic (exact) mass is 443 g/mol. The van der Waals surface area contributed by atoms with Gasteiger partial charge < -0.3 is 10.1 Å². The van der Waals surface area contributed by atoms with Gasteiger partial charge in [-0.25, -0.2) is 8.42 Å². The first kappa shape index (κ1) is 21.6. The fourth-order valence-corrected chi connectivity index (χ4v) is 5.09. The summed E-state index contributed by atoms with van der Waals surface area (Å²) in [5.41, 5.74) is 3.67. The Morgan fingerprint density at radius 1 is 1.13 bits per heavy atom. The number of likely N-dealkylation sites (tertiary alicyclic amines) is 1. The Morgan fingerprint density at radius 3 is 2.55 bits per heavy atom. The molecule has 1 N–H and O–H groups in total. The number of nitrogens with zero attached hydrogens (tertiary/aromatic N) is 2. The Morgan fingerprint density at radius 2 is 1.84 bits per heavy atom. The van der Waals surface area contributed by atoms with Crippen LogP contribution in [0.2, 0.25) is 0 Å². The van der Waals surface area contributed by atoms with Crippen molar-refractivity contribution in [3.63, 3.8) is 0 Å². The van der Waals surface area contributed by atoms with E-state index >= 15 is 0 Å². The van der Waals surface area contributed by atoms with Crippen LogP contribution in [0, 0.1) is 6.92 Å². The van der Waals surface area contributed by atoms with E-state index in [4.69, 9.17) is 4.74 Å². The standard InChI is InChI=1S/C23H29N3O4S/c1-17-9-10-20-21(13-17)30-22(16-26(20)31(2,28)29)23(27)24-14-18-7-3-4-8-19(18)15-25-11-5-6-12-25/h3-4,7-10,13,22H,5-6,11-12,14-16H2,1-2H3,(H,24,27)/t22-/m0/s1. The van der Waals surface area contributed by atoms with E-state index in [0.717, 1.165) is 37.0 Å². The molecule has 1 fully saturated rings. The van der Waals surface area contributed by atoms with Gasteiger partial charge in [0.2, 0.25) is 10.0 Å². The van der Waals surface area contributed by atoms with Crippen LogP contribution >= 0.6 is 0 Å². The second-order valence-electron chi connectivity index (χ2n) is 8.34. The molecule has 0 aliphatic carbocycles. The summed E-state index contributed by atoms with van der Waals surface area (Å²) in [5, 5.41) is 2.95. The number of hydrogen-bond acceptors (Lipinski definition) is 5. The molecule has 0 unspecified atom stereocenters. The van der Waals surface area contributed by atoms with Gasteiger partial charge in [0.25, 0.3) is 5.91 Å². The normalized spacial score (nSPS) is 19.0. The lowest BCUT2D eigenvalue weighted by Gasteiger charge is -2.34. The number of benzene rings is 2. The molecular weight excluding hydrogens is 414 g/mol. The average molecular weight is 444 g/mol. The Labute approximate surface area is 184 Å². The van der Waals surface area contributed by atoms with Gasteiger partial charge in [0.1, 0.15) is 5.75 Å². The molecule has 0 bridgehead atoms. The number of sulfonamides is 1. The molecule has 2 aromatic carbocycles. The maximum Gasteiger partial charge on any atom is 0.263 e. The van der Waals surface area contributed by atoms with Gasteiger partial charge in [-0.3, -0.25) is 14.0 Å². The number of carbonyl (C=O) groups excluding carboxylic acids is 1. The van der Waals surface area contributed by atoms with Crippen LogP contribution in [0.5, 0.6) is 5.75 Å². The zero-order chi connectivity index (χ0) is 22.0. The van der Waals surface area contributed by atoms with Crippen molar-refractivity contribution in [1.82, 2.24) is 10.2 Å². The van der Waals surface area contributed by atoms with Crippen LogP contribution in [0.1, 0.15) is 29.5 Å². The molecule has 31 heavy (non-hydrogen) atoms. The van der Waals surface area contributed by atoms with Crippen molar-refractivity contribution in [2.45, 2.75) is 39.0 Å². The van der Waals surface area contributed by atoms with Gasteiger partial charge >= 0.3 is 0 Å². The van der Waals surface area contributed by atoms with Crippen LogP contribution in [-0.4, -0.2) is 51.2 Å². The summed E-state index contributed by atoms with van der Waals surface area (Å²) in [6.45, 7) is 5.32. The van der Waals surface area contributed by atoms with Gasteiger partial charge in [0.15, 0.2) is 6.10 Å². The third-order valence-electron chi connectivity index (χ3n) is 5.84. The van der Waals surface area contributed by atoms with Gasteiger partial charge in [-0.2, -0.15) is 0 Å². The van der Waals surface area contributed by atoms with Crippen molar-refractivity contribution >= 4 is 21.6 Å². The Hall–Kier alpha value is -2.58. The highest BCUT2D eigenvalue weighted by atomic mass is 32.2. The highest BCUT2D eigenvalue weighted by Crippen LogP contribution is 2.35. The molecule has 2 aromatic rings. The van der Waals surface area contributed by atoms with E-state index in [1.54, 1.807) is 12.1 Å². The number of ether oxygens (including phenoxy) is 1. The lowest BCUT2D eigenvalue weighted by Crippen LogP contribution is -2.50. The van der Waals surface area contributed by atoms with E-state index in [-0.39, 0.29) is 12.5 Å². The minimum absolute atomic E-state index is 0.0455. The number of carbonyl (C=O) groups is 1. The molecule has 1 amide bonds. The van der Waals surface area contributed by atoms with Crippen molar-refractivity contribution in [1.29, 1.82) is 0 Å². The van der Waals surface area contributed by atoms with Crippen molar-refractivity contribution in [2.75, 3.05) is 30.2 Å². The SMILES string of the molecule is Cc1ccc2c(c1)O[C@H](C(=O)NCc1ccccc1CN1CCCC1)CN2S(C)(=O)=O. The van der Waals surface area contributed by atoms with Gasteiger partial charge in [-0.05, 0) is 61.7 Å². The summed E-state index contributed by atoms with van der Waals surface area (Å²) in [6.07, 6.45) is 2.70. The number of nitrogens with one attached hydrogen (secondary N) is 1. The summed E-state index contributed by atoms with van der Waals surface area (Å²) >= 11 is 0. The summed E-state index contributed by atoms with van der Waals surface area (Å²) in [6, 6.07) is 13.4. The van der Waals surface area contributed by atoms with Crippen LogP contribution in [-0.2, 0) is 27.9 Å². The first-order chi connectivity index (χ1) is 14.8.